The standard InChI is InChI=1S/C15H19N3O2S/c1-8(2)13-17-14-12(9-4-3-5-10(9)21-14)15(20)18(13)7-6-11(16)19/h8H,3-7H2,1-2H3,(H2,16,19). The van der Waals surface area contributed by atoms with Crippen molar-refractivity contribution in [2.75, 3.05) is 0 Å². The minimum atomic E-state index is -0.396. The lowest BCUT2D eigenvalue weighted by Gasteiger charge is -2.14. The molecule has 2 heterocycles. The first-order chi connectivity index (χ1) is 9.99. The van der Waals surface area contributed by atoms with Crippen molar-refractivity contribution in [3.63, 3.8) is 0 Å². The van der Waals surface area contributed by atoms with Gasteiger partial charge in [0.1, 0.15) is 10.7 Å². The number of nitrogens with two attached hydrogens (primary N) is 1. The van der Waals surface area contributed by atoms with Gasteiger partial charge in [0.2, 0.25) is 5.91 Å². The summed E-state index contributed by atoms with van der Waals surface area (Å²) in [6.45, 7) is 4.33. The molecule has 0 radical (unpaired) electrons. The number of hydrogen-bond acceptors (Lipinski definition) is 4. The molecule has 6 heteroatoms. The average molecular weight is 305 g/mol. The second-order valence-electron chi connectivity index (χ2n) is 5.84. The number of carbonyl (C=O) groups excluding carboxylic acids is 1. The molecule has 3 rings (SSSR count). The Kier molecular flexibility index (Phi) is 3.57. The predicted octanol–water partition coefficient (Wildman–Crippen LogP) is 1.95. The van der Waals surface area contributed by atoms with Gasteiger partial charge in [-0.3, -0.25) is 14.2 Å². The van der Waals surface area contributed by atoms with Crippen LogP contribution in [0.3, 0.4) is 0 Å². The molecule has 0 aliphatic heterocycles. The smallest absolute Gasteiger partial charge is 0.262 e. The Bertz CT molecular complexity index is 773. The van der Waals surface area contributed by atoms with E-state index in [1.54, 1.807) is 15.9 Å². The lowest BCUT2D eigenvalue weighted by atomic mass is 10.1. The third kappa shape index (κ3) is 2.37. The molecule has 0 fully saturated rings. The van der Waals surface area contributed by atoms with Crippen LogP contribution in [0.1, 0.15) is 48.9 Å². The summed E-state index contributed by atoms with van der Waals surface area (Å²) in [7, 11) is 0. The number of hydrogen-bond donors (Lipinski definition) is 1. The van der Waals surface area contributed by atoms with E-state index in [0.29, 0.717) is 6.54 Å². The van der Waals surface area contributed by atoms with Crippen LogP contribution in [0, 0.1) is 0 Å². The molecule has 0 aromatic carbocycles. The van der Waals surface area contributed by atoms with E-state index in [0.717, 1.165) is 35.3 Å². The third-order valence-electron chi connectivity index (χ3n) is 3.95. The molecule has 0 unspecified atom stereocenters. The number of primary amides is 1. The maximum Gasteiger partial charge on any atom is 0.262 e. The van der Waals surface area contributed by atoms with Gasteiger partial charge in [0.25, 0.3) is 5.56 Å². The zero-order valence-corrected chi connectivity index (χ0v) is 13.1. The van der Waals surface area contributed by atoms with Crippen LogP contribution in [0.2, 0.25) is 0 Å². The van der Waals surface area contributed by atoms with Gasteiger partial charge in [-0.1, -0.05) is 13.8 Å². The Balaban J connectivity index is 2.22. The van der Waals surface area contributed by atoms with Gasteiger partial charge in [0.05, 0.1) is 5.39 Å². The number of nitrogens with zero attached hydrogens (tertiary/aromatic N) is 2. The lowest BCUT2D eigenvalue weighted by molar-refractivity contribution is -0.118. The van der Waals surface area contributed by atoms with Crippen LogP contribution in [0.25, 0.3) is 10.2 Å². The first kappa shape index (κ1) is 14.3. The van der Waals surface area contributed by atoms with Gasteiger partial charge in [0.15, 0.2) is 0 Å². The fraction of sp³-hybridized carbons (Fsp3) is 0.533. The van der Waals surface area contributed by atoms with Crippen LogP contribution < -0.4 is 11.3 Å². The van der Waals surface area contributed by atoms with Gasteiger partial charge in [0, 0.05) is 23.8 Å². The quantitative estimate of drug-likeness (QED) is 0.937. The molecular weight excluding hydrogens is 286 g/mol. The zero-order chi connectivity index (χ0) is 15.1. The van der Waals surface area contributed by atoms with Crippen molar-refractivity contribution in [2.24, 2.45) is 5.73 Å². The highest BCUT2D eigenvalue weighted by Crippen LogP contribution is 2.35. The predicted molar refractivity (Wildman–Crippen MR) is 83.8 cm³/mol. The summed E-state index contributed by atoms with van der Waals surface area (Å²) in [6, 6.07) is 0. The SMILES string of the molecule is CC(C)c1nc2sc3c(c2c(=O)n1CCC(N)=O)CCC3. The van der Waals surface area contributed by atoms with Crippen LogP contribution in [0.5, 0.6) is 0 Å². The Morgan fingerprint density at radius 3 is 2.86 bits per heavy atom. The zero-order valence-electron chi connectivity index (χ0n) is 12.3. The number of rotatable bonds is 4. The highest BCUT2D eigenvalue weighted by molar-refractivity contribution is 7.18. The molecule has 1 aliphatic rings. The summed E-state index contributed by atoms with van der Waals surface area (Å²) >= 11 is 1.65. The minimum absolute atomic E-state index is 0.00986. The van der Waals surface area contributed by atoms with Crippen molar-refractivity contribution >= 4 is 27.5 Å². The molecule has 0 bridgehead atoms. The number of carbonyl (C=O) groups is 1. The van der Waals surface area contributed by atoms with E-state index >= 15 is 0 Å². The first-order valence-corrected chi connectivity index (χ1v) is 8.14. The highest BCUT2D eigenvalue weighted by Gasteiger charge is 2.23. The van der Waals surface area contributed by atoms with E-state index in [2.05, 4.69) is 0 Å². The van der Waals surface area contributed by atoms with E-state index < -0.39 is 5.91 Å². The first-order valence-electron chi connectivity index (χ1n) is 7.32. The number of amides is 1. The van der Waals surface area contributed by atoms with Gasteiger partial charge in [-0.25, -0.2) is 4.98 Å². The molecule has 112 valence electrons. The van der Waals surface area contributed by atoms with Crippen molar-refractivity contribution in [1.82, 2.24) is 9.55 Å². The van der Waals surface area contributed by atoms with Crippen LogP contribution in [0.15, 0.2) is 4.79 Å². The van der Waals surface area contributed by atoms with Crippen molar-refractivity contribution in [1.29, 1.82) is 0 Å². The topological polar surface area (TPSA) is 78.0 Å². The fourth-order valence-corrected chi connectivity index (χ4v) is 4.23. The molecule has 1 aliphatic carbocycles. The van der Waals surface area contributed by atoms with E-state index in [9.17, 15) is 9.59 Å². The maximum absolute atomic E-state index is 12.9. The van der Waals surface area contributed by atoms with Crippen molar-refractivity contribution in [3.05, 3.63) is 26.6 Å². The summed E-state index contributed by atoms with van der Waals surface area (Å²) in [4.78, 5) is 30.8. The minimum Gasteiger partial charge on any atom is -0.370 e. The van der Waals surface area contributed by atoms with Gasteiger partial charge < -0.3 is 5.73 Å². The number of aromatic nitrogens is 2. The largest absolute Gasteiger partial charge is 0.370 e. The van der Waals surface area contributed by atoms with Crippen LogP contribution >= 0.6 is 11.3 Å². The average Bonchev–Trinajstić information content (AvgIpc) is 2.96. The molecule has 2 aromatic rings. The van der Waals surface area contributed by atoms with Gasteiger partial charge in [-0.05, 0) is 24.8 Å². The number of aryl methyl sites for hydroxylation is 2. The molecule has 2 N–H and O–H groups in total. The summed E-state index contributed by atoms with van der Waals surface area (Å²) < 4.78 is 1.64. The molecule has 2 aromatic heterocycles. The molecule has 1 amide bonds. The fourth-order valence-electron chi connectivity index (χ4n) is 2.97. The van der Waals surface area contributed by atoms with Crippen molar-refractivity contribution in [3.8, 4) is 0 Å². The molecule has 0 saturated carbocycles. The summed E-state index contributed by atoms with van der Waals surface area (Å²) in [6.07, 6.45) is 3.29. The van der Waals surface area contributed by atoms with Crippen LogP contribution in [-0.2, 0) is 24.2 Å². The van der Waals surface area contributed by atoms with Gasteiger partial charge in [-0.15, -0.1) is 11.3 Å². The Morgan fingerprint density at radius 2 is 2.19 bits per heavy atom. The second-order valence-corrected chi connectivity index (χ2v) is 6.92. The van der Waals surface area contributed by atoms with Gasteiger partial charge in [-0.2, -0.15) is 0 Å². The maximum atomic E-state index is 12.9. The van der Waals surface area contributed by atoms with Crippen molar-refractivity contribution < 1.29 is 4.79 Å². The van der Waals surface area contributed by atoms with E-state index in [1.165, 1.54) is 10.4 Å². The molecule has 5 nitrogen and oxygen atoms in total. The van der Waals surface area contributed by atoms with Gasteiger partial charge >= 0.3 is 0 Å². The Morgan fingerprint density at radius 1 is 1.43 bits per heavy atom. The summed E-state index contributed by atoms with van der Waals surface area (Å²) in [5.41, 5.74) is 6.39. The molecule has 0 spiro atoms. The Hall–Kier alpha value is -1.69. The Labute approximate surface area is 126 Å². The highest BCUT2D eigenvalue weighted by atomic mass is 32.1. The second kappa shape index (κ2) is 5.26. The molecule has 0 atom stereocenters. The van der Waals surface area contributed by atoms with Crippen LogP contribution in [-0.4, -0.2) is 15.5 Å². The lowest BCUT2D eigenvalue weighted by Crippen LogP contribution is -2.28. The molecular formula is C15H19N3O2S. The normalized spacial score (nSPS) is 14.0. The third-order valence-corrected chi connectivity index (χ3v) is 5.14. The summed E-state index contributed by atoms with van der Waals surface area (Å²) in [5.74, 6) is 0.479. The van der Waals surface area contributed by atoms with E-state index in [4.69, 9.17) is 10.7 Å². The van der Waals surface area contributed by atoms with E-state index in [1.807, 2.05) is 13.8 Å². The summed E-state index contributed by atoms with van der Waals surface area (Å²) in [5, 5.41) is 0.765. The van der Waals surface area contributed by atoms with Crippen LogP contribution in [0.4, 0.5) is 0 Å². The van der Waals surface area contributed by atoms with E-state index in [-0.39, 0.29) is 17.9 Å². The monoisotopic (exact) mass is 305 g/mol. The molecule has 21 heavy (non-hydrogen) atoms. The van der Waals surface area contributed by atoms with Crippen molar-refractivity contribution in [2.45, 2.75) is 52.0 Å². The number of fused-ring (bicyclic) bond motifs is 3. The molecule has 0 saturated heterocycles. The number of thiophene rings is 1.